The second-order valence-corrected chi connectivity index (χ2v) is 14.7. The lowest BCUT2D eigenvalue weighted by molar-refractivity contribution is -0.140. The van der Waals surface area contributed by atoms with Gasteiger partial charge in [-0.15, -0.1) is 0 Å². The molecule has 0 saturated carbocycles. The average Bonchev–Trinajstić information content (AvgIpc) is 3.07. The van der Waals surface area contributed by atoms with Crippen molar-refractivity contribution in [1.29, 1.82) is 0 Å². The zero-order valence-corrected chi connectivity index (χ0v) is 30.9. The van der Waals surface area contributed by atoms with Crippen molar-refractivity contribution in [3.63, 3.8) is 0 Å². The van der Waals surface area contributed by atoms with E-state index in [1.54, 1.807) is 42.5 Å². The molecular formula is C36H38BrCl2N3O5S. The minimum atomic E-state index is -4.31. The lowest BCUT2D eigenvalue weighted by atomic mass is 10.0. The molecule has 0 heterocycles. The molecule has 0 fully saturated rings. The summed E-state index contributed by atoms with van der Waals surface area (Å²) in [7, 11) is -2.83. The highest BCUT2D eigenvalue weighted by Gasteiger charge is 2.35. The number of halogens is 3. The van der Waals surface area contributed by atoms with Crippen molar-refractivity contribution in [1.82, 2.24) is 10.2 Å². The average molecular weight is 776 g/mol. The van der Waals surface area contributed by atoms with Crippen LogP contribution in [0.4, 0.5) is 5.69 Å². The fourth-order valence-corrected chi connectivity index (χ4v) is 7.74. The van der Waals surface area contributed by atoms with Gasteiger partial charge in [-0.1, -0.05) is 90.6 Å². The monoisotopic (exact) mass is 773 g/mol. The molecule has 0 spiro atoms. The van der Waals surface area contributed by atoms with Gasteiger partial charge in [0.15, 0.2) is 0 Å². The summed E-state index contributed by atoms with van der Waals surface area (Å²) < 4.78 is 35.5. The Kier molecular flexibility index (Phi) is 13.3. The number of anilines is 1. The van der Waals surface area contributed by atoms with E-state index in [2.05, 4.69) is 21.2 Å². The van der Waals surface area contributed by atoms with Crippen molar-refractivity contribution in [2.24, 2.45) is 0 Å². The molecule has 1 atom stereocenters. The van der Waals surface area contributed by atoms with Gasteiger partial charge in [0.05, 0.1) is 22.2 Å². The Morgan fingerprint density at radius 1 is 0.938 bits per heavy atom. The molecule has 0 unspecified atom stereocenters. The third-order valence-corrected chi connectivity index (χ3v) is 10.9. The molecule has 0 aliphatic heterocycles. The maximum atomic E-state index is 14.7. The van der Waals surface area contributed by atoms with Crippen molar-refractivity contribution in [3.05, 3.63) is 122 Å². The van der Waals surface area contributed by atoms with Crippen LogP contribution in [-0.4, -0.2) is 51.4 Å². The maximum Gasteiger partial charge on any atom is 0.264 e. The van der Waals surface area contributed by atoms with Gasteiger partial charge in [0.1, 0.15) is 18.3 Å². The number of carbonyl (C=O) groups excluding carboxylic acids is 2. The zero-order valence-electron chi connectivity index (χ0n) is 27.0. The van der Waals surface area contributed by atoms with Gasteiger partial charge in [0.25, 0.3) is 10.0 Å². The molecular weight excluding hydrogens is 737 g/mol. The summed E-state index contributed by atoms with van der Waals surface area (Å²) in [6.45, 7) is 3.58. The van der Waals surface area contributed by atoms with Crippen molar-refractivity contribution in [3.8, 4) is 5.75 Å². The van der Waals surface area contributed by atoms with Crippen LogP contribution in [0.15, 0.2) is 100 Å². The number of nitrogens with zero attached hydrogens (tertiary/aromatic N) is 2. The minimum absolute atomic E-state index is 0.0533. The fraction of sp³-hybridized carbons (Fsp3) is 0.278. The lowest BCUT2D eigenvalue weighted by Gasteiger charge is -2.34. The molecule has 0 aliphatic carbocycles. The summed E-state index contributed by atoms with van der Waals surface area (Å²) in [5, 5.41) is 3.60. The molecule has 4 aromatic rings. The summed E-state index contributed by atoms with van der Waals surface area (Å²) in [6, 6.07) is 24.6. The standard InChI is InChI=1S/C36H38BrCl2N3O5S/c1-4-5-20-40-36(44)33(21-26-10-7-6-8-11-26)41(23-29-31(38)12-9-13-32(29)39)35(43)24-42(27-16-14-25(2)15-17-27)48(45,46)28-18-19-34(47-3)30(37)22-28/h6-19,22,33H,4-5,20-21,23-24H2,1-3H3,(H,40,44)/t33-/m1/s1. The third kappa shape index (κ3) is 9.31. The largest absolute Gasteiger partial charge is 0.496 e. The summed E-state index contributed by atoms with van der Waals surface area (Å²) in [4.78, 5) is 29.9. The Balaban J connectivity index is 1.83. The minimum Gasteiger partial charge on any atom is -0.496 e. The van der Waals surface area contributed by atoms with E-state index in [1.807, 2.05) is 44.2 Å². The van der Waals surface area contributed by atoms with Crippen LogP contribution in [0.3, 0.4) is 0 Å². The predicted molar refractivity (Wildman–Crippen MR) is 195 cm³/mol. The number of methoxy groups -OCH3 is 1. The van der Waals surface area contributed by atoms with E-state index in [1.165, 1.54) is 30.2 Å². The first-order valence-electron chi connectivity index (χ1n) is 15.4. The number of sulfonamides is 1. The molecule has 0 aliphatic rings. The molecule has 0 radical (unpaired) electrons. The van der Waals surface area contributed by atoms with Crippen molar-refractivity contribution in [2.45, 2.75) is 50.6 Å². The number of unbranched alkanes of at least 4 members (excludes halogenated alkanes) is 1. The molecule has 2 amide bonds. The lowest BCUT2D eigenvalue weighted by Crippen LogP contribution is -2.53. The van der Waals surface area contributed by atoms with Crippen LogP contribution in [0.2, 0.25) is 10.0 Å². The Hall–Kier alpha value is -3.57. The first kappa shape index (κ1) is 37.3. The first-order chi connectivity index (χ1) is 23.0. The molecule has 4 rings (SSSR count). The van der Waals surface area contributed by atoms with Crippen LogP contribution in [0.1, 0.15) is 36.5 Å². The normalized spacial score (nSPS) is 11.9. The Bertz CT molecular complexity index is 1810. The van der Waals surface area contributed by atoms with E-state index in [9.17, 15) is 18.0 Å². The molecule has 8 nitrogen and oxygen atoms in total. The van der Waals surface area contributed by atoms with E-state index < -0.39 is 28.5 Å². The number of carbonyl (C=O) groups is 2. The number of rotatable bonds is 15. The van der Waals surface area contributed by atoms with Gasteiger partial charge in [-0.2, -0.15) is 0 Å². The van der Waals surface area contributed by atoms with E-state index in [4.69, 9.17) is 27.9 Å². The summed E-state index contributed by atoms with van der Waals surface area (Å²) in [5.41, 5.74) is 2.46. The van der Waals surface area contributed by atoms with Gasteiger partial charge in [-0.05, 0) is 77.3 Å². The molecule has 0 bridgehead atoms. The van der Waals surface area contributed by atoms with Crippen LogP contribution in [0.5, 0.6) is 5.75 Å². The fourth-order valence-electron chi connectivity index (χ4n) is 5.09. The molecule has 0 saturated heterocycles. The van der Waals surface area contributed by atoms with Crippen LogP contribution in [0.25, 0.3) is 0 Å². The van der Waals surface area contributed by atoms with E-state index in [0.717, 1.165) is 28.3 Å². The van der Waals surface area contributed by atoms with Crippen molar-refractivity contribution in [2.75, 3.05) is 24.5 Å². The molecule has 254 valence electrons. The molecule has 48 heavy (non-hydrogen) atoms. The maximum absolute atomic E-state index is 14.7. The van der Waals surface area contributed by atoms with Crippen molar-refractivity contribution < 1.29 is 22.7 Å². The molecule has 0 aromatic heterocycles. The summed E-state index contributed by atoms with van der Waals surface area (Å²) in [6.07, 6.45) is 1.80. The van der Waals surface area contributed by atoms with Crippen molar-refractivity contribution >= 4 is 66.7 Å². The van der Waals surface area contributed by atoms with E-state index in [0.29, 0.717) is 32.4 Å². The van der Waals surface area contributed by atoms with Gasteiger partial charge in [-0.25, -0.2) is 8.42 Å². The van der Waals surface area contributed by atoms with Crippen LogP contribution in [0, 0.1) is 6.92 Å². The van der Waals surface area contributed by atoms with Crippen LogP contribution < -0.4 is 14.4 Å². The molecule has 1 N–H and O–H groups in total. The topological polar surface area (TPSA) is 96.0 Å². The zero-order chi connectivity index (χ0) is 34.8. The van der Waals surface area contributed by atoms with Crippen LogP contribution >= 0.6 is 39.1 Å². The number of hydrogen-bond donors (Lipinski definition) is 1. The highest BCUT2D eigenvalue weighted by Crippen LogP contribution is 2.32. The van der Waals surface area contributed by atoms with Gasteiger partial charge in [0, 0.05) is 35.1 Å². The predicted octanol–water partition coefficient (Wildman–Crippen LogP) is 7.82. The van der Waals surface area contributed by atoms with E-state index >= 15 is 0 Å². The quantitative estimate of drug-likeness (QED) is 0.124. The molecule has 4 aromatic carbocycles. The summed E-state index contributed by atoms with van der Waals surface area (Å²) in [5.74, 6) is -0.533. The molecule has 12 heteroatoms. The second-order valence-electron chi connectivity index (χ2n) is 11.2. The van der Waals surface area contributed by atoms with Gasteiger partial charge >= 0.3 is 0 Å². The van der Waals surface area contributed by atoms with Crippen LogP contribution in [-0.2, 0) is 32.6 Å². The number of benzene rings is 4. The number of amides is 2. The van der Waals surface area contributed by atoms with E-state index in [-0.39, 0.29) is 29.5 Å². The second kappa shape index (κ2) is 17.2. The van der Waals surface area contributed by atoms with Gasteiger partial charge < -0.3 is 15.0 Å². The smallest absolute Gasteiger partial charge is 0.264 e. The SMILES string of the molecule is CCCCNC(=O)[C@@H](Cc1ccccc1)N(Cc1c(Cl)cccc1Cl)C(=O)CN(c1ccc(C)cc1)S(=O)(=O)c1ccc(OC)c(Br)c1. The summed E-state index contributed by atoms with van der Waals surface area (Å²) >= 11 is 16.6. The number of aryl methyl sites for hydroxylation is 1. The van der Waals surface area contributed by atoms with Gasteiger partial charge in [0.2, 0.25) is 11.8 Å². The Labute approximate surface area is 301 Å². The number of ether oxygens (including phenoxy) is 1. The van der Waals surface area contributed by atoms with Gasteiger partial charge in [-0.3, -0.25) is 13.9 Å². The first-order valence-corrected chi connectivity index (χ1v) is 18.4. The third-order valence-electron chi connectivity index (χ3n) is 7.80. The number of nitrogens with one attached hydrogen (secondary N) is 1. The highest BCUT2D eigenvalue weighted by molar-refractivity contribution is 9.10. The Morgan fingerprint density at radius 2 is 1.60 bits per heavy atom. The number of hydrogen-bond acceptors (Lipinski definition) is 5. The highest BCUT2D eigenvalue weighted by atomic mass is 79.9. The Morgan fingerprint density at radius 3 is 2.21 bits per heavy atom.